The lowest BCUT2D eigenvalue weighted by molar-refractivity contribution is -0.114. The number of aliphatic hydroxyl groups excluding tert-OH is 1. The Hall–Kier alpha value is -3.02. The van der Waals surface area contributed by atoms with Gasteiger partial charge in [0, 0.05) is 48.1 Å². The lowest BCUT2D eigenvalue weighted by Gasteiger charge is -2.07. The summed E-state index contributed by atoms with van der Waals surface area (Å²) in [5.74, 6) is 4.59. The zero-order valence-corrected chi connectivity index (χ0v) is 15.7. The van der Waals surface area contributed by atoms with Gasteiger partial charge in [0.25, 0.3) is 5.91 Å². The molecule has 0 aliphatic carbocycles. The Labute approximate surface area is 158 Å². The molecule has 2 rings (SSSR count). The molecule has 1 atom stereocenters. The molecule has 0 radical (unpaired) electrons. The number of anilines is 1. The first-order chi connectivity index (χ1) is 12.8. The molecule has 0 aliphatic rings. The highest BCUT2D eigenvalue weighted by Crippen LogP contribution is 2.18. The Morgan fingerprint density at radius 1 is 1.30 bits per heavy atom. The van der Waals surface area contributed by atoms with Gasteiger partial charge in [-0.1, -0.05) is 17.9 Å². The number of benzene rings is 1. The molecule has 0 spiro atoms. The Kier molecular flexibility index (Phi) is 6.82. The first-order valence-corrected chi connectivity index (χ1v) is 9.93. The minimum Gasteiger partial charge on any atom is -0.395 e. The minimum absolute atomic E-state index is 0.0518. The molecule has 1 heterocycles. The van der Waals surface area contributed by atoms with Crippen LogP contribution in [0.25, 0.3) is 0 Å². The van der Waals surface area contributed by atoms with Gasteiger partial charge in [0.15, 0.2) is 0 Å². The largest absolute Gasteiger partial charge is 0.395 e. The standard InChI is InChI=1S/C19H19N3O4S/c1-14(24)21-17-7-5-8-18(11-17)27(2,26)22-19(25)16-10-15(12-20-13-16)6-3-4-9-23/h5,7-8,10-13,23H,4,9H2,1-2H3,(H,21,24). The summed E-state index contributed by atoms with van der Waals surface area (Å²) in [6.07, 6.45) is 4.49. The Balaban J connectivity index is 2.33. The number of rotatable bonds is 4. The highest BCUT2D eigenvalue weighted by atomic mass is 32.2. The molecule has 1 aromatic carbocycles. The zero-order chi connectivity index (χ0) is 19.9. The summed E-state index contributed by atoms with van der Waals surface area (Å²) in [5.41, 5.74) is 1.14. The van der Waals surface area contributed by atoms with Crippen LogP contribution in [0.4, 0.5) is 5.69 Å². The summed E-state index contributed by atoms with van der Waals surface area (Å²) in [6.45, 7) is 1.32. The van der Waals surface area contributed by atoms with Gasteiger partial charge in [-0.3, -0.25) is 14.6 Å². The van der Waals surface area contributed by atoms with Crippen molar-refractivity contribution in [3.63, 3.8) is 0 Å². The number of pyridine rings is 1. The molecular formula is C19H19N3O4S. The Morgan fingerprint density at radius 2 is 2.07 bits per heavy atom. The van der Waals surface area contributed by atoms with Crippen LogP contribution in [0.15, 0.2) is 52.0 Å². The number of carbonyl (C=O) groups excluding carboxylic acids is 2. The number of hydrogen-bond donors (Lipinski definition) is 2. The third-order valence-electron chi connectivity index (χ3n) is 3.30. The number of nitrogens with zero attached hydrogens (tertiary/aromatic N) is 2. The summed E-state index contributed by atoms with van der Waals surface area (Å²) in [7, 11) is -3.02. The van der Waals surface area contributed by atoms with Crippen LogP contribution >= 0.6 is 0 Å². The normalized spacial score (nSPS) is 12.3. The van der Waals surface area contributed by atoms with Gasteiger partial charge >= 0.3 is 0 Å². The van der Waals surface area contributed by atoms with Crippen LogP contribution in [0, 0.1) is 11.8 Å². The van der Waals surface area contributed by atoms with Crippen LogP contribution in [0.2, 0.25) is 0 Å². The average Bonchev–Trinajstić information content (AvgIpc) is 2.61. The summed E-state index contributed by atoms with van der Waals surface area (Å²) >= 11 is 0. The van der Waals surface area contributed by atoms with Crippen molar-refractivity contribution in [3.05, 3.63) is 53.9 Å². The number of nitrogens with one attached hydrogen (secondary N) is 1. The lowest BCUT2D eigenvalue weighted by Crippen LogP contribution is -2.08. The molecule has 0 bridgehead atoms. The van der Waals surface area contributed by atoms with Gasteiger partial charge in [-0.25, -0.2) is 4.21 Å². The molecule has 0 saturated heterocycles. The molecule has 8 heteroatoms. The predicted molar refractivity (Wildman–Crippen MR) is 103 cm³/mol. The molecule has 27 heavy (non-hydrogen) atoms. The number of aliphatic hydroxyl groups is 1. The fourth-order valence-corrected chi connectivity index (χ4v) is 3.33. The van der Waals surface area contributed by atoms with E-state index in [4.69, 9.17) is 5.11 Å². The van der Waals surface area contributed by atoms with Gasteiger partial charge in [0.05, 0.1) is 21.9 Å². The smallest absolute Gasteiger partial charge is 0.286 e. The van der Waals surface area contributed by atoms with Crippen LogP contribution in [0.3, 0.4) is 0 Å². The van der Waals surface area contributed by atoms with Crippen molar-refractivity contribution >= 4 is 27.2 Å². The zero-order valence-electron chi connectivity index (χ0n) is 14.9. The van der Waals surface area contributed by atoms with E-state index in [9.17, 15) is 13.8 Å². The first kappa shape index (κ1) is 20.3. The van der Waals surface area contributed by atoms with Crippen molar-refractivity contribution < 1.29 is 18.9 Å². The third kappa shape index (κ3) is 6.02. The second-order valence-electron chi connectivity index (χ2n) is 5.65. The molecule has 2 N–H and O–H groups in total. The van der Waals surface area contributed by atoms with Gasteiger partial charge in [-0.15, -0.1) is 0 Å². The molecule has 0 fully saturated rings. The van der Waals surface area contributed by atoms with E-state index in [1.807, 2.05) is 0 Å². The predicted octanol–water partition coefficient (Wildman–Crippen LogP) is 2.07. The van der Waals surface area contributed by atoms with E-state index in [2.05, 4.69) is 26.5 Å². The second-order valence-corrected chi connectivity index (χ2v) is 7.90. The van der Waals surface area contributed by atoms with E-state index in [0.29, 0.717) is 22.6 Å². The van der Waals surface area contributed by atoms with Gasteiger partial charge in [0.2, 0.25) is 5.91 Å². The van der Waals surface area contributed by atoms with E-state index in [-0.39, 0.29) is 18.1 Å². The molecule has 2 amide bonds. The van der Waals surface area contributed by atoms with E-state index in [0.717, 1.165) is 0 Å². The molecule has 7 nitrogen and oxygen atoms in total. The average molecular weight is 385 g/mol. The monoisotopic (exact) mass is 385 g/mol. The van der Waals surface area contributed by atoms with Crippen molar-refractivity contribution in [2.75, 3.05) is 18.2 Å². The number of carbonyl (C=O) groups is 2. The molecular weight excluding hydrogens is 366 g/mol. The Morgan fingerprint density at radius 3 is 2.78 bits per heavy atom. The van der Waals surface area contributed by atoms with Gasteiger partial charge in [0.1, 0.15) is 0 Å². The number of hydrogen-bond acceptors (Lipinski definition) is 5. The highest BCUT2D eigenvalue weighted by molar-refractivity contribution is 7.93. The summed E-state index contributed by atoms with van der Waals surface area (Å²) in [5, 5.41) is 11.3. The van der Waals surface area contributed by atoms with Gasteiger partial charge in [-0.05, 0) is 24.3 Å². The second kappa shape index (κ2) is 9.07. The van der Waals surface area contributed by atoms with Gasteiger partial charge in [-0.2, -0.15) is 4.36 Å². The summed E-state index contributed by atoms with van der Waals surface area (Å²) in [4.78, 5) is 27.9. The molecule has 0 aliphatic heterocycles. The maximum atomic E-state index is 12.9. The van der Waals surface area contributed by atoms with Crippen molar-refractivity contribution in [1.29, 1.82) is 0 Å². The van der Waals surface area contributed by atoms with Crippen molar-refractivity contribution in [2.24, 2.45) is 4.36 Å². The first-order valence-electron chi connectivity index (χ1n) is 8.01. The lowest BCUT2D eigenvalue weighted by atomic mass is 10.2. The molecule has 1 aromatic heterocycles. The number of amides is 2. The quantitative estimate of drug-likeness (QED) is 0.783. The maximum Gasteiger partial charge on any atom is 0.286 e. The van der Waals surface area contributed by atoms with Crippen LogP contribution < -0.4 is 5.32 Å². The van der Waals surface area contributed by atoms with Crippen LogP contribution in [-0.4, -0.2) is 39.0 Å². The van der Waals surface area contributed by atoms with Crippen LogP contribution in [0.1, 0.15) is 29.3 Å². The molecule has 2 aromatic rings. The van der Waals surface area contributed by atoms with Crippen LogP contribution in [-0.2, 0) is 14.5 Å². The van der Waals surface area contributed by atoms with Gasteiger partial charge < -0.3 is 10.4 Å². The number of aromatic nitrogens is 1. The topological polar surface area (TPSA) is 109 Å². The van der Waals surface area contributed by atoms with Crippen LogP contribution in [0.5, 0.6) is 0 Å². The van der Waals surface area contributed by atoms with E-state index in [1.165, 1.54) is 37.7 Å². The van der Waals surface area contributed by atoms with Crippen molar-refractivity contribution in [3.8, 4) is 11.8 Å². The van der Waals surface area contributed by atoms with E-state index < -0.39 is 15.6 Å². The summed E-state index contributed by atoms with van der Waals surface area (Å²) in [6, 6.07) is 7.89. The molecule has 0 saturated carbocycles. The SMILES string of the molecule is CC(=O)Nc1cccc(S(C)(=O)=NC(=O)c2cncc(C#CCCO)c2)c1. The Bertz CT molecular complexity index is 1040. The maximum absolute atomic E-state index is 12.9. The minimum atomic E-state index is -3.02. The fourth-order valence-electron chi connectivity index (χ4n) is 2.12. The molecule has 140 valence electrons. The summed E-state index contributed by atoms with van der Waals surface area (Å²) < 4.78 is 16.8. The highest BCUT2D eigenvalue weighted by Gasteiger charge is 2.13. The van der Waals surface area contributed by atoms with Crippen molar-refractivity contribution in [1.82, 2.24) is 4.98 Å². The fraction of sp³-hybridized carbons (Fsp3) is 0.211. The van der Waals surface area contributed by atoms with Crippen molar-refractivity contribution in [2.45, 2.75) is 18.2 Å². The van der Waals surface area contributed by atoms with E-state index >= 15 is 0 Å². The van der Waals surface area contributed by atoms with E-state index in [1.54, 1.807) is 18.2 Å². The third-order valence-corrected chi connectivity index (χ3v) is 4.95. The molecule has 1 unspecified atom stereocenters.